The van der Waals surface area contributed by atoms with Crippen molar-refractivity contribution in [2.45, 2.75) is 6.92 Å². The Labute approximate surface area is 93.0 Å². The Morgan fingerprint density at radius 1 is 1.44 bits per heavy atom. The van der Waals surface area contributed by atoms with Crippen molar-refractivity contribution in [2.24, 2.45) is 5.73 Å². The number of nitrogen functional groups attached to an aromatic ring is 1. The molecule has 6 N–H and O–H groups in total. The van der Waals surface area contributed by atoms with Crippen LogP contribution in [0.5, 0.6) is 0 Å². The van der Waals surface area contributed by atoms with Gasteiger partial charge in [0.1, 0.15) is 5.82 Å². The number of carbonyl (C=O) groups excluding carboxylic acids is 1. The second-order valence-electron chi connectivity index (χ2n) is 3.41. The molecule has 0 fully saturated rings. The lowest BCUT2D eigenvalue weighted by atomic mass is 10.2. The van der Waals surface area contributed by atoms with Crippen LogP contribution in [0, 0.1) is 12.7 Å². The molecule has 0 spiro atoms. The first-order valence-corrected chi connectivity index (χ1v) is 4.83. The number of hydrogen-bond acceptors (Lipinski definition) is 3. The first-order valence-electron chi connectivity index (χ1n) is 4.83. The Bertz CT molecular complexity index is 395. The van der Waals surface area contributed by atoms with Crippen molar-refractivity contribution in [1.29, 1.82) is 0 Å². The Morgan fingerprint density at radius 2 is 2.12 bits per heavy atom. The van der Waals surface area contributed by atoms with Gasteiger partial charge in [0.2, 0.25) is 0 Å². The highest BCUT2D eigenvalue weighted by molar-refractivity contribution is 5.71. The zero-order valence-electron chi connectivity index (χ0n) is 9.01. The molecule has 0 aliphatic heterocycles. The van der Waals surface area contributed by atoms with E-state index in [1.165, 1.54) is 6.07 Å². The zero-order chi connectivity index (χ0) is 12.1. The van der Waals surface area contributed by atoms with Gasteiger partial charge in [-0.15, -0.1) is 0 Å². The molecule has 0 radical (unpaired) electrons. The van der Waals surface area contributed by atoms with Crippen molar-refractivity contribution < 1.29 is 9.18 Å². The predicted octanol–water partition coefficient (Wildman–Crippen LogP) is 0.797. The van der Waals surface area contributed by atoms with Gasteiger partial charge in [0.05, 0.1) is 11.4 Å². The lowest BCUT2D eigenvalue weighted by Gasteiger charge is -2.10. The number of anilines is 2. The molecule has 0 bridgehead atoms. The van der Waals surface area contributed by atoms with Gasteiger partial charge < -0.3 is 22.1 Å². The molecule has 0 atom stereocenters. The smallest absolute Gasteiger partial charge is 0.312 e. The van der Waals surface area contributed by atoms with E-state index in [-0.39, 0.29) is 5.82 Å². The summed E-state index contributed by atoms with van der Waals surface area (Å²) < 4.78 is 13.1. The molecule has 0 aliphatic rings. The first kappa shape index (κ1) is 12.1. The van der Waals surface area contributed by atoms with Crippen LogP contribution in [0.15, 0.2) is 12.1 Å². The number of benzene rings is 1. The second-order valence-corrected chi connectivity index (χ2v) is 3.41. The third kappa shape index (κ3) is 3.30. The molecule has 0 aliphatic carbocycles. The van der Waals surface area contributed by atoms with Crippen LogP contribution in [0.1, 0.15) is 5.56 Å². The molecule has 0 saturated heterocycles. The number of rotatable bonds is 4. The van der Waals surface area contributed by atoms with Crippen molar-refractivity contribution in [3.63, 3.8) is 0 Å². The van der Waals surface area contributed by atoms with Crippen LogP contribution in [0.2, 0.25) is 0 Å². The average molecular weight is 226 g/mol. The van der Waals surface area contributed by atoms with Crippen molar-refractivity contribution in [3.8, 4) is 0 Å². The minimum atomic E-state index is -0.579. The fourth-order valence-electron chi connectivity index (χ4n) is 1.23. The number of aryl methyl sites for hydroxylation is 1. The third-order valence-electron chi connectivity index (χ3n) is 2.07. The van der Waals surface area contributed by atoms with Gasteiger partial charge in [0.25, 0.3) is 0 Å². The largest absolute Gasteiger partial charge is 0.397 e. The van der Waals surface area contributed by atoms with Crippen LogP contribution in [-0.2, 0) is 0 Å². The predicted molar refractivity (Wildman–Crippen MR) is 61.6 cm³/mol. The van der Waals surface area contributed by atoms with Crippen LogP contribution < -0.4 is 22.1 Å². The summed E-state index contributed by atoms with van der Waals surface area (Å²) >= 11 is 0. The number of hydrogen-bond donors (Lipinski definition) is 4. The Kier molecular flexibility index (Phi) is 3.93. The van der Waals surface area contributed by atoms with Crippen molar-refractivity contribution in [3.05, 3.63) is 23.5 Å². The van der Waals surface area contributed by atoms with E-state index >= 15 is 0 Å². The van der Waals surface area contributed by atoms with E-state index in [1.54, 1.807) is 13.0 Å². The summed E-state index contributed by atoms with van der Waals surface area (Å²) in [6.07, 6.45) is 0. The fourth-order valence-corrected chi connectivity index (χ4v) is 1.23. The molecule has 0 saturated carbocycles. The number of urea groups is 1. The van der Waals surface area contributed by atoms with E-state index < -0.39 is 6.03 Å². The second kappa shape index (κ2) is 5.20. The summed E-state index contributed by atoms with van der Waals surface area (Å²) in [5.41, 5.74) is 12.0. The quantitative estimate of drug-likeness (QED) is 0.452. The maximum absolute atomic E-state index is 13.1. The van der Waals surface area contributed by atoms with E-state index in [0.29, 0.717) is 30.0 Å². The van der Waals surface area contributed by atoms with Gasteiger partial charge in [-0.25, -0.2) is 9.18 Å². The number of nitrogens with one attached hydrogen (secondary N) is 2. The molecular formula is C10H15FN4O. The first-order chi connectivity index (χ1) is 7.50. The van der Waals surface area contributed by atoms with Crippen molar-refractivity contribution >= 4 is 17.4 Å². The Balaban J connectivity index is 2.54. The standard InChI is InChI=1S/C10H15FN4O/c1-6-4-9(8(12)5-7(6)11)14-2-3-15-10(13)16/h4-5,14H,2-3,12H2,1H3,(H3,13,15,16). The average Bonchev–Trinajstić information content (AvgIpc) is 2.19. The van der Waals surface area contributed by atoms with Gasteiger partial charge in [-0.05, 0) is 24.6 Å². The topological polar surface area (TPSA) is 93.2 Å². The van der Waals surface area contributed by atoms with Gasteiger partial charge in [-0.3, -0.25) is 0 Å². The minimum absolute atomic E-state index is 0.335. The van der Waals surface area contributed by atoms with Crippen LogP contribution in [0.4, 0.5) is 20.6 Å². The van der Waals surface area contributed by atoms with Crippen LogP contribution in [-0.4, -0.2) is 19.1 Å². The summed E-state index contributed by atoms with van der Waals surface area (Å²) in [6.45, 7) is 2.50. The van der Waals surface area contributed by atoms with E-state index in [2.05, 4.69) is 10.6 Å². The highest BCUT2D eigenvalue weighted by atomic mass is 19.1. The molecule has 0 aromatic heterocycles. The molecule has 5 nitrogen and oxygen atoms in total. The molecule has 16 heavy (non-hydrogen) atoms. The van der Waals surface area contributed by atoms with Gasteiger partial charge in [0, 0.05) is 13.1 Å². The maximum Gasteiger partial charge on any atom is 0.312 e. The molecule has 2 amide bonds. The monoisotopic (exact) mass is 226 g/mol. The lowest BCUT2D eigenvalue weighted by Crippen LogP contribution is -2.33. The summed E-state index contributed by atoms with van der Waals surface area (Å²) in [7, 11) is 0. The number of carbonyl (C=O) groups is 1. The van der Waals surface area contributed by atoms with Crippen molar-refractivity contribution in [2.75, 3.05) is 24.1 Å². The summed E-state index contributed by atoms with van der Waals surface area (Å²) in [4.78, 5) is 10.4. The van der Waals surface area contributed by atoms with Crippen molar-refractivity contribution in [1.82, 2.24) is 5.32 Å². The number of primary amides is 1. The third-order valence-corrected chi connectivity index (χ3v) is 2.07. The van der Waals surface area contributed by atoms with Crippen LogP contribution >= 0.6 is 0 Å². The number of halogens is 1. The number of nitrogens with two attached hydrogens (primary N) is 2. The zero-order valence-corrected chi connectivity index (χ0v) is 9.01. The minimum Gasteiger partial charge on any atom is -0.397 e. The van der Waals surface area contributed by atoms with Gasteiger partial charge in [0.15, 0.2) is 0 Å². The fraction of sp³-hybridized carbons (Fsp3) is 0.300. The molecule has 88 valence electrons. The number of amides is 2. The van der Waals surface area contributed by atoms with Crippen LogP contribution in [0.25, 0.3) is 0 Å². The summed E-state index contributed by atoms with van der Waals surface area (Å²) in [5, 5.41) is 5.40. The van der Waals surface area contributed by atoms with E-state index in [4.69, 9.17) is 11.5 Å². The Hall–Kier alpha value is -1.98. The van der Waals surface area contributed by atoms with E-state index in [9.17, 15) is 9.18 Å². The van der Waals surface area contributed by atoms with E-state index in [0.717, 1.165) is 0 Å². The summed E-state index contributed by atoms with van der Waals surface area (Å²) in [6, 6.07) is 2.30. The molecule has 0 unspecified atom stereocenters. The van der Waals surface area contributed by atoms with Gasteiger partial charge in [-0.1, -0.05) is 0 Å². The molecular weight excluding hydrogens is 211 g/mol. The molecule has 1 aromatic carbocycles. The highest BCUT2D eigenvalue weighted by Crippen LogP contribution is 2.21. The molecule has 6 heteroatoms. The maximum atomic E-state index is 13.1. The Morgan fingerprint density at radius 3 is 2.75 bits per heavy atom. The molecule has 0 heterocycles. The van der Waals surface area contributed by atoms with Gasteiger partial charge in [-0.2, -0.15) is 0 Å². The highest BCUT2D eigenvalue weighted by Gasteiger charge is 2.04. The normalized spacial score (nSPS) is 9.88. The lowest BCUT2D eigenvalue weighted by molar-refractivity contribution is 0.249. The van der Waals surface area contributed by atoms with Gasteiger partial charge >= 0.3 is 6.03 Å². The molecule has 1 rings (SSSR count). The summed E-state index contributed by atoms with van der Waals surface area (Å²) in [5.74, 6) is -0.335. The molecule has 1 aromatic rings. The van der Waals surface area contributed by atoms with Crippen LogP contribution in [0.3, 0.4) is 0 Å². The van der Waals surface area contributed by atoms with E-state index in [1.807, 2.05) is 0 Å². The SMILES string of the molecule is Cc1cc(NCCNC(N)=O)c(N)cc1F.